The van der Waals surface area contributed by atoms with E-state index in [2.05, 4.69) is 77.5 Å². The molecule has 1 aromatic heterocycles. The maximum Gasteiger partial charge on any atom is 0.221 e. The molecule has 0 bridgehead atoms. The van der Waals surface area contributed by atoms with Gasteiger partial charge >= 0.3 is 0 Å². The van der Waals surface area contributed by atoms with E-state index in [0.29, 0.717) is 12.0 Å². The molecule has 0 radical (unpaired) electrons. The molecule has 1 heterocycles. The van der Waals surface area contributed by atoms with Crippen LogP contribution in [0.1, 0.15) is 36.8 Å². The highest BCUT2D eigenvalue weighted by Gasteiger charge is 2.33. The van der Waals surface area contributed by atoms with E-state index in [-0.39, 0.29) is 5.91 Å². The number of benzene rings is 2. The van der Waals surface area contributed by atoms with Gasteiger partial charge in [-0.15, -0.1) is 0 Å². The number of fused-ring (bicyclic) bond motifs is 1. The molecule has 4 nitrogen and oxygen atoms in total. The van der Waals surface area contributed by atoms with Gasteiger partial charge in [0.05, 0.1) is 0 Å². The number of carbonyl (C=O) groups excluding carboxylic acids is 1. The zero-order chi connectivity index (χ0) is 19.0. The van der Waals surface area contributed by atoms with Crippen molar-refractivity contribution in [2.24, 2.45) is 0 Å². The first-order chi connectivity index (χ1) is 13.0. The summed E-state index contributed by atoms with van der Waals surface area (Å²) in [5, 5.41) is 4.19. The number of nitrogens with zero attached hydrogens (tertiary/aromatic N) is 2. The van der Waals surface area contributed by atoms with E-state index >= 15 is 0 Å². The molecule has 140 valence electrons. The van der Waals surface area contributed by atoms with Crippen LogP contribution in [0.15, 0.2) is 54.7 Å². The molecule has 4 heteroatoms. The average Bonchev–Trinajstić information content (AvgIpc) is 2.91. The van der Waals surface area contributed by atoms with Crippen LogP contribution in [0.4, 0.5) is 5.69 Å². The first-order valence-electron chi connectivity index (χ1n) is 9.62. The summed E-state index contributed by atoms with van der Waals surface area (Å²) >= 11 is 0. The Labute approximate surface area is 160 Å². The van der Waals surface area contributed by atoms with Crippen molar-refractivity contribution in [1.82, 2.24) is 9.47 Å². The third kappa shape index (κ3) is 3.62. The molecule has 1 aliphatic rings. The van der Waals surface area contributed by atoms with Crippen LogP contribution in [-0.2, 0) is 11.3 Å². The normalized spacial score (nSPS) is 19.3. The predicted octanol–water partition coefficient (Wildman–Crippen LogP) is 4.46. The molecule has 1 saturated carbocycles. The maximum absolute atomic E-state index is 11.5. The van der Waals surface area contributed by atoms with Gasteiger partial charge in [0, 0.05) is 42.3 Å². The van der Waals surface area contributed by atoms with Gasteiger partial charge in [-0.1, -0.05) is 30.3 Å². The van der Waals surface area contributed by atoms with Crippen molar-refractivity contribution in [1.29, 1.82) is 0 Å². The Morgan fingerprint density at radius 2 is 1.89 bits per heavy atom. The number of amides is 1. The van der Waals surface area contributed by atoms with Crippen LogP contribution in [0.2, 0.25) is 0 Å². The molecule has 1 N–H and O–H groups in total. The minimum Gasteiger partial charge on any atom is -0.343 e. The van der Waals surface area contributed by atoms with Crippen LogP contribution in [0.25, 0.3) is 10.9 Å². The molecule has 0 atom stereocenters. The van der Waals surface area contributed by atoms with Crippen LogP contribution in [-0.4, -0.2) is 35.5 Å². The molecule has 0 saturated heterocycles. The summed E-state index contributed by atoms with van der Waals surface area (Å²) in [6, 6.07) is 17.5. The maximum atomic E-state index is 11.5. The number of rotatable bonds is 5. The van der Waals surface area contributed by atoms with E-state index in [1.54, 1.807) is 6.92 Å². The van der Waals surface area contributed by atoms with Gasteiger partial charge < -0.3 is 14.8 Å². The first-order valence-corrected chi connectivity index (χ1v) is 9.62. The molecule has 1 amide bonds. The van der Waals surface area contributed by atoms with Crippen LogP contribution < -0.4 is 5.32 Å². The van der Waals surface area contributed by atoms with E-state index in [0.717, 1.165) is 12.2 Å². The smallest absolute Gasteiger partial charge is 0.221 e. The summed E-state index contributed by atoms with van der Waals surface area (Å²) in [7, 11) is 4.32. The number of hydrogen-bond donors (Lipinski definition) is 1. The highest BCUT2D eigenvalue weighted by molar-refractivity contribution is 5.94. The second kappa shape index (κ2) is 7.20. The van der Waals surface area contributed by atoms with Crippen molar-refractivity contribution in [3.8, 4) is 0 Å². The standard InChI is InChI=1S/C23H27N3O/c1-16(27)24-19-9-10-23-21(13-19)22(18-11-20(12-18)25(2)3)15-26(23)14-17-7-5-4-6-8-17/h4-10,13,15,18,20H,11-12,14H2,1-3H3,(H,24,27). The monoisotopic (exact) mass is 361 g/mol. The number of aromatic nitrogens is 1. The average molecular weight is 361 g/mol. The minimum atomic E-state index is -0.0315. The lowest BCUT2D eigenvalue weighted by Crippen LogP contribution is -2.39. The summed E-state index contributed by atoms with van der Waals surface area (Å²) in [5.41, 5.74) is 4.81. The summed E-state index contributed by atoms with van der Waals surface area (Å²) in [6.45, 7) is 2.42. The Morgan fingerprint density at radius 1 is 1.15 bits per heavy atom. The fourth-order valence-electron chi connectivity index (χ4n) is 4.11. The summed E-state index contributed by atoms with van der Waals surface area (Å²) in [5.74, 6) is 0.556. The van der Waals surface area contributed by atoms with Gasteiger partial charge in [-0.3, -0.25) is 4.79 Å². The molecular weight excluding hydrogens is 334 g/mol. The number of carbonyl (C=O) groups is 1. The lowest BCUT2D eigenvalue weighted by atomic mass is 9.75. The largest absolute Gasteiger partial charge is 0.343 e. The Balaban J connectivity index is 1.72. The fourth-order valence-corrected chi connectivity index (χ4v) is 4.11. The fraction of sp³-hybridized carbons (Fsp3) is 0.348. The van der Waals surface area contributed by atoms with Gasteiger partial charge in [0.25, 0.3) is 0 Å². The highest BCUT2D eigenvalue weighted by atomic mass is 16.1. The van der Waals surface area contributed by atoms with Crippen LogP contribution in [0.3, 0.4) is 0 Å². The van der Waals surface area contributed by atoms with Crippen molar-refractivity contribution in [3.63, 3.8) is 0 Å². The van der Waals surface area contributed by atoms with Crippen molar-refractivity contribution < 1.29 is 4.79 Å². The number of nitrogens with one attached hydrogen (secondary N) is 1. The lowest BCUT2D eigenvalue weighted by Gasteiger charge is -2.39. The van der Waals surface area contributed by atoms with Crippen LogP contribution in [0, 0.1) is 0 Å². The van der Waals surface area contributed by atoms with Crippen LogP contribution in [0.5, 0.6) is 0 Å². The van der Waals surface area contributed by atoms with Crippen LogP contribution >= 0.6 is 0 Å². The Kier molecular flexibility index (Phi) is 4.75. The van der Waals surface area contributed by atoms with Gasteiger partial charge in [0.2, 0.25) is 5.91 Å². The molecule has 27 heavy (non-hydrogen) atoms. The lowest BCUT2D eigenvalue weighted by molar-refractivity contribution is -0.114. The Bertz CT molecular complexity index is 952. The van der Waals surface area contributed by atoms with E-state index in [4.69, 9.17) is 0 Å². The second-order valence-electron chi connectivity index (χ2n) is 7.90. The van der Waals surface area contributed by atoms with Gasteiger partial charge in [0.1, 0.15) is 0 Å². The molecule has 2 aromatic carbocycles. The third-order valence-electron chi connectivity index (χ3n) is 5.71. The van der Waals surface area contributed by atoms with Crippen molar-refractivity contribution in [2.45, 2.75) is 38.3 Å². The molecular formula is C23H27N3O. The van der Waals surface area contributed by atoms with Gasteiger partial charge in [0.15, 0.2) is 0 Å². The zero-order valence-electron chi connectivity index (χ0n) is 16.3. The summed E-state index contributed by atoms with van der Waals surface area (Å²) in [4.78, 5) is 13.8. The summed E-state index contributed by atoms with van der Waals surface area (Å²) < 4.78 is 2.35. The topological polar surface area (TPSA) is 37.3 Å². The summed E-state index contributed by atoms with van der Waals surface area (Å²) in [6.07, 6.45) is 4.72. The molecule has 3 aromatic rings. The zero-order valence-corrected chi connectivity index (χ0v) is 16.3. The predicted molar refractivity (Wildman–Crippen MR) is 111 cm³/mol. The van der Waals surface area contributed by atoms with Crippen molar-refractivity contribution in [2.75, 3.05) is 19.4 Å². The Morgan fingerprint density at radius 3 is 2.56 bits per heavy atom. The SMILES string of the molecule is CC(=O)Nc1ccc2c(c1)c(C1CC(N(C)C)C1)cn2Cc1ccccc1. The van der Waals surface area contributed by atoms with Gasteiger partial charge in [-0.05, 0) is 62.2 Å². The van der Waals surface area contributed by atoms with E-state index in [1.807, 2.05) is 6.07 Å². The quantitative estimate of drug-likeness (QED) is 0.729. The molecule has 4 rings (SSSR count). The van der Waals surface area contributed by atoms with Gasteiger partial charge in [-0.2, -0.15) is 0 Å². The van der Waals surface area contributed by atoms with Gasteiger partial charge in [-0.25, -0.2) is 0 Å². The van der Waals surface area contributed by atoms with Crippen molar-refractivity contribution >= 4 is 22.5 Å². The number of hydrogen-bond acceptors (Lipinski definition) is 2. The Hall–Kier alpha value is -2.59. The molecule has 0 spiro atoms. The molecule has 0 aliphatic heterocycles. The highest BCUT2D eigenvalue weighted by Crippen LogP contribution is 2.43. The van der Waals surface area contributed by atoms with Crippen molar-refractivity contribution in [3.05, 3.63) is 65.9 Å². The first kappa shape index (κ1) is 17.8. The van der Waals surface area contributed by atoms with E-state index in [9.17, 15) is 4.79 Å². The minimum absolute atomic E-state index is 0.0315. The number of anilines is 1. The second-order valence-corrected chi connectivity index (χ2v) is 7.90. The molecule has 1 fully saturated rings. The third-order valence-corrected chi connectivity index (χ3v) is 5.71. The van der Waals surface area contributed by atoms with E-state index < -0.39 is 0 Å². The van der Waals surface area contributed by atoms with E-state index in [1.165, 1.54) is 34.9 Å². The molecule has 1 aliphatic carbocycles. The molecule has 0 unspecified atom stereocenters.